The molecule has 0 radical (unpaired) electrons. The minimum absolute atomic E-state index is 0.0227. The Morgan fingerprint density at radius 1 is 0.489 bits per heavy atom. The largest absolute Gasteiger partial charge is 0.497 e. The molecule has 8 rings (SSSR count). The van der Waals surface area contributed by atoms with E-state index in [0.29, 0.717) is 56.4 Å². The molecule has 2 heterocycles. The van der Waals surface area contributed by atoms with Crippen molar-refractivity contribution in [1.82, 2.24) is 25.3 Å². The quantitative estimate of drug-likeness (QED) is 0.0285. The Bertz CT molecular complexity index is 4230. The second-order valence-corrected chi connectivity index (χ2v) is 26.1. The molecule has 0 aliphatic heterocycles. The summed E-state index contributed by atoms with van der Waals surface area (Å²) in [5.41, 5.74) is 7.91. The summed E-state index contributed by atoms with van der Waals surface area (Å²) in [5, 5.41) is 22.4. The number of carbonyl (C=O) groups excluding carboxylic acids is 4. The molecule has 0 aliphatic rings. The number of amides is 3. The van der Waals surface area contributed by atoms with Crippen LogP contribution in [0.5, 0.6) is 23.0 Å². The zero-order valence-electron chi connectivity index (χ0n) is 53.9. The second kappa shape index (κ2) is 31.6. The number of aliphatic carboxylic acids is 1. The van der Waals surface area contributed by atoms with Crippen LogP contribution in [0.4, 0.5) is 50.8 Å². The lowest BCUT2D eigenvalue weighted by Gasteiger charge is -2.21. The highest BCUT2D eigenvalue weighted by Crippen LogP contribution is 2.34. The molecule has 0 saturated carbocycles. The number of esters is 1. The lowest BCUT2D eigenvalue weighted by atomic mass is 10.1. The third kappa shape index (κ3) is 21.8. The Morgan fingerprint density at radius 3 is 1.19 bits per heavy atom. The smallest absolute Gasteiger partial charge is 0.408 e. The van der Waals surface area contributed by atoms with E-state index in [2.05, 4.69) is 56.0 Å². The summed E-state index contributed by atoms with van der Waals surface area (Å²) >= 11 is 0. The van der Waals surface area contributed by atoms with Crippen molar-refractivity contribution >= 4 is 118 Å². The van der Waals surface area contributed by atoms with Crippen molar-refractivity contribution in [3.63, 3.8) is 0 Å². The van der Waals surface area contributed by atoms with Crippen LogP contribution in [0.2, 0.25) is 0 Å². The number of nitrogens with zero attached hydrogens (tertiary/aromatic N) is 4. The first kappa shape index (κ1) is 72.5. The van der Waals surface area contributed by atoms with E-state index < -0.39 is 79.1 Å². The van der Waals surface area contributed by atoms with Gasteiger partial charge in [0, 0.05) is 59.1 Å². The molecule has 0 bridgehead atoms. The van der Waals surface area contributed by atoms with Crippen molar-refractivity contribution in [3.8, 4) is 23.0 Å². The number of carboxylic acid groups (broad SMARTS) is 1. The van der Waals surface area contributed by atoms with Gasteiger partial charge in [0.2, 0.25) is 11.8 Å². The number of benzene rings is 6. The number of nitrogens with two attached hydrogens (primary N) is 1. The van der Waals surface area contributed by atoms with E-state index in [-0.39, 0.29) is 50.9 Å². The zero-order chi connectivity index (χ0) is 69.3. The number of methoxy groups -OCH3 is 4. The van der Waals surface area contributed by atoms with Crippen LogP contribution in [-0.2, 0) is 48.7 Å². The maximum absolute atomic E-state index is 13.6. The number of ether oxygens (including phenoxy) is 6. The van der Waals surface area contributed by atoms with Crippen LogP contribution in [0.3, 0.4) is 0 Å². The SMILES string of the molecule is COc1cc(Nc2nc3ccccc3nc2NS(=O)(=O)c2cccc(NC(=O)[C@H](C)N)c2)cc(OC)c1.COc1cc(Nc2nc3ccccc3nc2NS(=O)(=O)c2cccc(NC(=O)[C@H](C)NC(=O)OC(C)(C)C)c2)cc(OC)c1.C[C@H](CC(=O)OC(C)(C)C)C(=O)O. The Labute approximate surface area is 544 Å². The van der Waals surface area contributed by atoms with Gasteiger partial charge in [0.1, 0.15) is 40.2 Å². The fourth-order valence-electron chi connectivity index (χ4n) is 7.98. The van der Waals surface area contributed by atoms with Gasteiger partial charge >= 0.3 is 18.0 Å². The maximum Gasteiger partial charge on any atom is 0.408 e. The number of alkyl carbamates (subject to hydrolysis) is 1. The van der Waals surface area contributed by atoms with Crippen molar-refractivity contribution in [3.05, 3.63) is 133 Å². The van der Waals surface area contributed by atoms with Crippen LogP contribution in [0.1, 0.15) is 68.7 Å². The Kier molecular flexibility index (Phi) is 24.4. The summed E-state index contributed by atoms with van der Waals surface area (Å²) in [6.07, 6.45) is -0.832. The summed E-state index contributed by atoms with van der Waals surface area (Å²) in [6.45, 7) is 14.8. The van der Waals surface area contributed by atoms with Crippen molar-refractivity contribution in [1.29, 1.82) is 0 Å². The molecule has 6 aromatic carbocycles. The fraction of sp³-hybridized carbons (Fsp3) is 0.297. The first-order valence-corrected chi connectivity index (χ1v) is 31.7. The molecule has 3 amide bonds. The number of nitrogens with one attached hydrogen (secondary N) is 7. The van der Waals surface area contributed by atoms with Gasteiger partial charge in [-0.3, -0.25) is 28.6 Å². The number of fused-ring (bicyclic) bond motifs is 2. The van der Waals surface area contributed by atoms with E-state index >= 15 is 0 Å². The van der Waals surface area contributed by atoms with E-state index in [9.17, 15) is 40.8 Å². The predicted octanol–water partition coefficient (Wildman–Crippen LogP) is 9.96. The highest BCUT2D eigenvalue weighted by Gasteiger charge is 2.26. The molecule has 8 aromatic rings. The normalized spacial score (nSPS) is 12.3. The molecule has 500 valence electrons. The highest BCUT2D eigenvalue weighted by atomic mass is 32.2. The fourth-order valence-corrected chi connectivity index (χ4v) is 10.1. The lowest BCUT2D eigenvalue weighted by molar-refractivity contribution is -0.159. The zero-order valence-corrected chi connectivity index (χ0v) is 55.5. The standard InChI is InChI=1S/C30H34N6O7S.C25H26N6O5S.C9H16O4/c1-18(31-29(38)43-30(2,3)4)28(37)33-19-10-9-11-23(16-19)44(39,40)36-27-26(34-24-12-7-8-13-25(24)35-27)32-20-14-21(41-5)17-22(15-20)42-6;1-15(26)25(32)28-16-7-6-8-20(13-16)37(33,34)31-24-23(29-21-9-4-5-10-22(21)30-24)27-17-11-18(35-2)14-19(12-17)36-3;1-6(8(11)12)5-7(10)13-9(2,3)4/h7-18H,1-6H3,(H,31,38)(H,32,34)(H,33,37)(H,35,36);4-15H,26H2,1-3H3,(H,27,29)(H,28,32)(H,30,31);6H,5H2,1-4H3,(H,11,12)/t18-;15-;6-/m001/s1. The lowest BCUT2D eigenvalue weighted by Crippen LogP contribution is -2.43. The van der Waals surface area contributed by atoms with Crippen LogP contribution in [0, 0.1) is 5.92 Å². The first-order chi connectivity index (χ1) is 44.2. The number of carbonyl (C=O) groups is 5. The number of rotatable bonds is 22. The van der Waals surface area contributed by atoms with E-state index in [1.807, 2.05) is 0 Å². The molecule has 28 nitrogen and oxygen atoms in total. The summed E-state index contributed by atoms with van der Waals surface area (Å²) in [6, 6.07) is 34.1. The summed E-state index contributed by atoms with van der Waals surface area (Å²) in [4.78, 5) is 76.1. The van der Waals surface area contributed by atoms with E-state index in [1.54, 1.807) is 133 Å². The number of hydrogen-bond acceptors (Lipinski definition) is 22. The van der Waals surface area contributed by atoms with Crippen LogP contribution in [0.25, 0.3) is 22.1 Å². The monoisotopic (exact) mass is 1330 g/mol. The topological polar surface area (TPSA) is 391 Å². The Morgan fingerprint density at radius 2 is 0.851 bits per heavy atom. The van der Waals surface area contributed by atoms with Crippen LogP contribution >= 0.6 is 0 Å². The van der Waals surface area contributed by atoms with Gasteiger partial charge in [0.05, 0.1) is 78.7 Å². The highest BCUT2D eigenvalue weighted by molar-refractivity contribution is 7.93. The summed E-state index contributed by atoms with van der Waals surface area (Å²) < 4.78 is 90.3. The number of para-hydroxylation sites is 4. The third-order valence-corrected chi connectivity index (χ3v) is 15.2. The predicted molar refractivity (Wildman–Crippen MR) is 356 cm³/mol. The number of hydrogen-bond donors (Lipinski definition) is 9. The molecular formula is C64H76N12O16S2. The van der Waals surface area contributed by atoms with Gasteiger partial charge in [-0.25, -0.2) is 41.6 Å². The van der Waals surface area contributed by atoms with E-state index in [0.717, 1.165) is 0 Å². The van der Waals surface area contributed by atoms with Gasteiger partial charge in [-0.05, 0) is 116 Å². The van der Waals surface area contributed by atoms with Crippen LogP contribution in [0.15, 0.2) is 143 Å². The molecule has 0 fully saturated rings. The Hall–Kier alpha value is -10.6. The molecule has 0 saturated heterocycles. The third-order valence-electron chi connectivity index (χ3n) is 12.5. The molecule has 2 aromatic heterocycles. The van der Waals surface area contributed by atoms with Crippen LogP contribution < -0.4 is 60.7 Å². The molecular weight excluding hydrogens is 1260 g/mol. The van der Waals surface area contributed by atoms with Crippen LogP contribution in [-0.4, -0.2) is 123 Å². The first-order valence-electron chi connectivity index (χ1n) is 28.8. The second-order valence-electron chi connectivity index (χ2n) is 22.7. The number of aromatic nitrogens is 4. The van der Waals surface area contributed by atoms with Crippen molar-refractivity contribution in [2.24, 2.45) is 11.7 Å². The molecule has 94 heavy (non-hydrogen) atoms. The maximum atomic E-state index is 13.6. The average Bonchev–Trinajstić information content (AvgIpc) is 0.797. The van der Waals surface area contributed by atoms with Crippen molar-refractivity contribution in [2.45, 2.75) is 102 Å². The molecule has 0 spiro atoms. The van der Waals surface area contributed by atoms with Gasteiger partial charge in [-0.2, -0.15) is 0 Å². The van der Waals surface area contributed by atoms with Gasteiger partial charge in [0.25, 0.3) is 20.0 Å². The van der Waals surface area contributed by atoms with E-state index in [4.69, 9.17) is 39.3 Å². The van der Waals surface area contributed by atoms with Gasteiger partial charge in [-0.1, -0.05) is 43.3 Å². The summed E-state index contributed by atoms with van der Waals surface area (Å²) in [7, 11) is -2.26. The molecule has 3 atom stereocenters. The minimum Gasteiger partial charge on any atom is -0.497 e. The summed E-state index contributed by atoms with van der Waals surface area (Å²) in [5.74, 6) is -0.847. The molecule has 0 unspecified atom stereocenters. The van der Waals surface area contributed by atoms with E-state index in [1.165, 1.54) is 91.7 Å². The average molecular weight is 1330 g/mol. The number of sulfonamides is 2. The number of anilines is 8. The van der Waals surface area contributed by atoms with Crippen molar-refractivity contribution < 1.29 is 74.3 Å². The van der Waals surface area contributed by atoms with Gasteiger partial charge in [-0.15, -0.1) is 0 Å². The molecule has 0 aliphatic carbocycles. The minimum atomic E-state index is -4.22. The molecule has 10 N–H and O–H groups in total. The Balaban J connectivity index is 0.000000253. The van der Waals surface area contributed by atoms with Crippen molar-refractivity contribution in [2.75, 3.05) is 59.2 Å². The van der Waals surface area contributed by atoms with Gasteiger partial charge in [0.15, 0.2) is 23.3 Å². The molecule has 30 heteroatoms. The number of carboxylic acids is 1. The van der Waals surface area contributed by atoms with Gasteiger partial charge < -0.3 is 65.8 Å².